The number of anilines is 1. The zero-order valence-electron chi connectivity index (χ0n) is 13.3. The van der Waals surface area contributed by atoms with Crippen molar-refractivity contribution in [1.82, 2.24) is 19.8 Å². The molecule has 118 valence electrons. The van der Waals surface area contributed by atoms with Crippen LogP contribution in [0.4, 0.5) is 5.82 Å². The quantitative estimate of drug-likeness (QED) is 0.842. The first-order valence-corrected chi connectivity index (χ1v) is 8.54. The first-order chi connectivity index (χ1) is 10.7. The molecule has 3 heterocycles. The molecule has 0 saturated heterocycles. The molecule has 0 amide bonds. The van der Waals surface area contributed by atoms with Crippen LogP contribution >= 0.6 is 11.3 Å². The van der Waals surface area contributed by atoms with Crippen LogP contribution in [0.1, 0.15) is 10.6 Å². The van der Waals surface area contributed by atoms with Gasteiger partial charge in [-0.3, -0.25) is 4.90 Å². The van der Waals surface area contributed by atoms with Gasteiger partial charge in [0.15, 0.2) is 0 Å². The minimum Gasteiger partial charge on any atom is -0.354 e. The first kappa shape index (κ1) is 15.4. The molecule has 5 nitrogen and oxygen atoms in total. The number of fused-ring (bicyclic) bond motifs is 1. The number of hydrogen-bond acceptors (Lipinski definition) is 6. The first-order valence-electron chi connectivity index (χ1n) is 7.66. The number of rotatable bonds is 5. The van der Waals surface area contributed by atoms with Crippen LogP contribution in [0.15, 0.2) is 29.9 Å². The molecule has 0 fully saturated rings. The third-order valence-corrected chi connectivity index (χ3v) is 4.67. The van der Waals surface area contributed by atoms with E-state index in [9.17, 15) is 0 Å². The molecule has 0 spiro atoms. The Morgan fingerprint density at radius 1 is 1.23 bits per heavy atom. The van der Waals surface area contributed by atoms with Crippen LogP contribution in [0.2, 0.25) is 0 Å². The molecule has 6 heteroatoms. The van der Waals surface area contributed by atoms with E-state index in [1.807, 2.05) is 23.8 Å². The van der Waals surface area contributed by atoms with Crippen LogP contribution in [0, 0.1) is 0 Å². The Labute approximate surface area is 136 Å². The van der Waals surface area contributed by atoms with Gasteiger partial charge in [0, 0.05) is 56.1 Å². The molecule has 0 radical (unpaired) electrons. The number of aromatic nitrogens is 2. The second-order valence-electron chi connectivity index (χ2n) is 5.91. The predicted molar refractivity (Wildman–Crippen MR) is 91.2 cm³/mol. The zero-order chi connectivity index (χ0) is 15.4. The van der Waals surface area contributed by atoms with Crippen molar-refractivity contribution >= 4 is 17.2 Å². The third kappa shape index (κ3) is 3.82. The van der Waals surface area contributed by atoms with Crippen molar-refractivity contribution in [2.45, 2.75) is 13.1 Å². The van der Waals surface area contributed by atoms with E-state index in [1.54, 1.807) is 11.3 Å². The lowest BCUT2D eigenvalue weighted by atomic mass is 10.2. The average molecular weight is 317 g/mol. The monoisotopic (exact) mass is 317 g/mol. The number of thiazole rings is 1. The zero-order valence-corrected chi connectivity index (χ0v) is 14.1. The van der Waals surface area contributed by atoms with E-state index in [-0.39, 0.29) is 0 Å². The molecular weight excluding hydrogens is 294 g/mol. The van der Waals surface area contributed by atoms with Gasteiger partial charge in [-0.05, 0) is 20.2 Å². The van der Waals surface area contributed by atoms with Crippen LogP contribution in [0.5, 0.6) is 0 Å². The highest BCUT2D eigenvalue weighted by atomic mass is 32.1. The van der Waals surface area contributed by atoms with E-state index < -0.39 is 0 Å². The molecule has 1 aliphatic rings. The summed E-state index contributed by atoms with van der Waals surface area (Å²) in [6.45, 7) is 5.99. The largest absolute Gasteiger partial charge is 0.354 e. The fourth-order valence-electron chi connectivity index (χ4n) is 2.72. The van der Waals surface area contributed by atoms with Crippen molar-refractivity contribution in [2.75, 3.05) is 45.2 Å². The average Bonchev–Trinajstić information content (AvgIpc) is 2.94. The fraction of sp³-hybridized carbons (Fsp3) is 0.500. The molecular formula is C16H23N5S. The van der Waals surface area contributed by atoms with Gasteiger partial charge in [0.25, 0.3) is 0 Å². The highest BCUT2D eigenvalue weighted by molar-refractivity contribution is 7.09. The normalized spacial score (nSPS) is 15.9. The maximum atomic E-state index is 4.64. The van der Waals surface area contributed by atoms with E-state index in [4.69, 9.17) is 0 Å². The molecule has 0 bridgehead atoms. The van der Waals surface area contributed by atoms with Crippen LogP contribution in [0.25, 0.3) is 0 Å². The summed E-state index contributed by atoms with van der Waals surface area (Å²) in [4.78, 5) is 16.2. The maximum Gasteiger partial charge on any atom is 0.133 e. The van der Waals surface area contributed by atoms with Gasteiger partial charge in [0.2, 0.25) is 0 Å². The summed E-state index contributed by atoms with van der Waals surface area (Å²) in [7, 11) is 4.23. The molecule has 1 aliphatic heterocycles. The summed E-state index contributed by atoms with van der Waals surface area (Å²) in [6.07, 6.45) is 3.79. The van der Waals surface area contributed by atoms with Gasteiger partial charge < -0.3 is 9.80 Å². The lowest BCUT2D eigenvalue weighted by Gasteiger charge is -2.25. The molecule has 0 atom stereocenters. The lowest BCUT2D eigenvalue weighted by molar-refractivity contribution is 0.267. The highest BCUT2D eigenvalue weighted by Crippen LogP contribution is 2.23. The van der Waals surface area contributed by atoms with Crippen molar-refractivity contribution < 1.29 is 0 Å². The Balaban J connectivity index is 1.75. The molecule has 0 aliphatic carbocycles. The summed E-state index contributed by atoms with van der Waals surface area (Å²) in [5, 5.41) is 3.23. The summed E-state index contributed by atoms with van der Waals surface area (Å²) in [5.74, 6) is 1.14. The van der Waals surface area contributed by atoms with Gasteiger partial charge in [-0.15, -0.1) is 11.3 Å². The lowest BCUT2D eigenvalue weighted by Crippen LogP contribution is -2.36. The topological polar surface area (TPSA) is 35.5 Å². The van der Waals surface area contributed by atoms with Gasteiger partial charge in [0.05, 0.1) is 6.54 Å². The molecule has 0 aromatic carbocycles. The summed E-state index contributed by atoms with van der Waals surface area (Å²) in [5.41, 5.74) is 1.32. The molecule has 2 aromatic rings. The highest BCUT2D eigenvalue weighted by Gasteiger charge is 2.21. The summed E-state index contributed by atoms with van der Waals surface area (Å²) < 4.78 is 0. The fourth-order valence-corrected chi connectivity index (χ4v) is 3.38. The standard InChI is InChI=1S/C16H23N5S/c1-19(2)7-9-21-10-8-20(13-15-17-6-11-22-15)12-14-4-3-5-18-16(14)21/h3-6,11H,7-10,12-13H2,1-2H3. The van der Waals surface area contributed by atoms with Crippen molar-refractivity contribution in [3.05, 3.63) is 40.5 Å². The van der Waals surface area contributed by atoms with Crippen LogP contribution in [-0.4, -0.2) is 60.0 Å². The number of likely N-dealkylation sites (N-methyl/N-ethyl adjacent to an activating group) is 1. The van der Waals surface area contributed by atoms with Gasteiger partial charge in [-0.25, -0.2) is 9.97 Å². The molecule has 0 N–H and O–H groups in total. The maximum absolute atomic E-state index is 4.64. The van der Waals surface area contributed by atoms with E-state index in [1.165, 1.54) is 10.6 Å². The Hall–Kier alpha value is -1.50. The third-order valence-electron chi connectivity index (χ3n) is 3.91. The van der Waals surface area contributed by atoms with Crippen molar-refractivity contribution in [2.24, 2.45) is 0 Å². The Morgan fingerprint density at radius 2 is 2.14 bits per heavy atom. The number of pyridine rings is 1. The summed E-state index contributed by atoms with van der Waals surface area (Å²) in [6, 6.07) is 4.24. The van der Waals surface area contributed by atoms with E-state index >= 15 is 0 Å². The minimum atomic E-state index is 0.924. The molecule has 3 rings (SSSR count). The molecule has 2 aromatic heterocycles. The van der Waals surface area contributed by atoms with Crippen molar-refractivity contribution in [1.29, 1.82) is 0 Å². The number of hydrogen-bond donors (Lipinski definition) is 0. The van der Waals surface area contributed by atoms with Crippen molar-refractivity contribution in [3.63, 3.8) is 0 Å². The van der Waals surface area contributed by atoms with Crippen LogP contribution in [-0.2, 0) is 13.1 Å². The van der Waals surface area contributed by atoms with E-state index in [0.29, 0.717) is 0 Å². The smallest absolute Gasteiger partial charge is 0.133 e. The Morgan fingerprint density at radius 3 is 2.91 bits per heavy atom. The SMILES string of the molecule is CN(C)CCN1CCN(Cc2nccs2)Cc2cccnc21. The molecule has 22 heavy (non-hydrogen) atoms. The van der Waals surface area contributed by atoms with Crippen molar-refractivity contribution in [3.8, 4) is 0 Å². The van der Waals surface area contributed by atoms with Crippen LogP contribution in [0.3, 0.4) is 0 Å². The van der Waals surface area contributed by atoms with E-state index in [2.05, 4.69) is 44.8 Å². The molecule has 0 saturated carbocycles. The predicted octanol–water partition coefficient (Wildman–Crippen LogP) is 1.92. The number of nitrogens with zero attached hydrogens (tertiary/aromatic N) is 5. The second kappa shape index (κ2) is 7.17. The second-order valence-corrected chi connectivity index (χ2v) is 6.89. The summed E-state index contributed by atoms with van der Waals surface area (Å²) >= 11 is 1.73. The van der Waals surface area contributed by atoms with Gasteiger partial charge in [-0.2, -0.15) is 0 Å². The minimum absolute atomic E-state index is 0.924. The Bertz CT molecular complexity index is 584. The molecule has 0 unspecified atom stereocenters. The van der Waals surface area contributed by atoms with Gasteiger partial charge in [0.1, 0.15) is 10.8 Å². The van der Waals surface area contributed by atoms with E-state index in [0.717, 1.165) is 45.1 Å². The van der Waals surface area contributed by atoms with Crippen LogP contribution < -0.4 is 4.90 Å². The van der Waals surface area contributed by atoms with Gasteiger partial charge >= 0.3 is 0 Å². The Kier molecular flexibility index (Phi) is 5.02. The van der Waals surface area contributed by atoms with Gasteiger partial charge in [-0.1, -0.05) is 6.07 Å².